The summed E-state index contributed by atoms with van der Waals surface area (Å²) in [7, 11) is 0. The van der Waals surface area contributed by atoms with Crippen molar-refractivity contribution in [1.82, 2.24) is 15.3 Å². The van der Waals surface area contributed by atoms with Crippen LogP contribution in [-0.4, -0.2) is 27.5 Å². The van der Waals surface area contributed by atoms with Crippen molar-refractivity contribution >= 4 is 11.8 Å². The van der Waals surface area contributed by atoms with Crippen LogP contribution in [0.25, 0.3) is 0 Å². The zero-order valence-electron chi connectivity index (χ0n) is 10.8. The van der Waals surface area contributed by atoms with E-state index in [1.165, 1.54) is 19.3 Å². The molecule has 0 amide bonds. The van der Waals surface area contributed by atoms with Crippen LogP contribution < -0.4 is 5.32 Å². The van der Waals surface area contributed by atoms with E-state index in [1.54, 1.807) is 12.4 Å². The fourth-order valence-electron chi connectivity index (χ4n) is 2.58. The molecule has 4 heteroatoms. The van der Waals surface area contributed by atoms with Gasteiger partial charge in [-0.3, -0.25) is 9.97 Å². The molecule has 0 saturated heterocycles. The van der Waals surface area contributed by atoms with Crippen LogP contribution in [0.1, 0.15) is 43.6 Å². The molecule has 1 aromatic rings. The van der Waals surface area contributed by atoms with Gasteiger partial charge in [-0.05, 0) is 39.4 Å². The molecule has 1 heterocycles. The van der Waals surface area contributed by atoms with Gasteiger partial charge in [-0.2, -0.15) is 11.8 Å². The molecule has 0 aliphatic heterocycles. The van der Waals surface area contributed by atoms with E-state index < -0.39 is 0 Å². The van der Waals surface area contributed by atoms with Gasteiger partial charge in [-0.1, -0.05) is 0 Å². The number of hydrogen-bond donors (Lipinski definition) is 1. The lowest BCUT2D eigenvalue weighted by atomic mass is 10.1. The van der Waals surface area contributed by atoms with Crippen molar-refractivity contribution in [3.8, 4) is 0 Å². The second-order valence-corrected chi connectivity index (χ2v) is 5.92. The van der Waals surface area contributed by atoms with Crippen LogP contribution in [0.15, 0.2) is 12.4 Å². The van der Waals surface area contributed by atoms with Crippen LogP contribution >= 0.6 is 11.8 Å². The summed E-state index contributed by atoms with van der Waals surface area (Å²) in [5, 5.41) is 4.52. The van der Waals surface area contributed by atoms with Gasteiger partial charge in [-0.25, -0.2) is 0 Å². The fraction of sp³-hybridized carbons (Fsp3) is 0.692. The van der Waals surface area contributed by atoms with Crippen LogP contribution in [0.5, 0.6) is 0 Å². The van der Waals surface area contributed by atoms with Crippen molar-refractivity contribution in [2.45, 2.75) is 50.4 Å². The SMILES string of the molecule is CSC1CCC(NC(C)c2nccnc2C)C1. The predicted molar refractivity (Wildman–Crippen MR) is 73.3 cm³/mol. The van der Waals surface area contributed by atoms with Crippen molar-refractivity contribution in [2.75, 3.05) is 6.26 Å². The van der Waals surface area contributed by atoms with Crippen LogP contribution in [-0.2, 0) is 0 Å². The quantitative estimate of drug-likeness (QED) is 0.893. The van der Waals surface area contributed by atoms with Gasteiger partial charge >= 0.3 is 0 Å². The maximum Gasteiger partial charge on any atom is 0.0782 e. The van der Waals surface area contributed by atoms with E-state index in [0.717, 1.165) is 16.6 Å². The molecule has 94 valence electrons. The average Bonchev–Trinajstić information content (AvgIpc) is 2.77. The summed E-state index contributed by atoms with van der Waals surface area (Å²) in [6, 6.07) is 0.943. The molecule has 3 unspecified atom stereocenters. The molecule has 2 rings (SSSR count). The molecular formula is C13H21N3S. The van der Waals surface area contributed by atoms with Crippen molar-refractivity contribution in [3.05, 3.63) is 23.8 Å². The van der Waals surface area contributed by atoms with E-state index in [2.05, 4.69) is 28.5 Å². The van der Waals surface area contributed by atoms with E-state index in [9.17, 15) is 0 Å². The van der Waals surface area contributed by atoms with Crippen LogP contribution in [0.3, 0.4) is 0 Å². The summed E-state index contributed by atoms with van der Waals surface area (Å²) in [6.07, 6.45) is 9.65. The third kappa shape index (κ3) is 3.19. The summed E-state index contributed by atoms with van der Waals surface area (Å²) in [5.74, 6) is 0. The van der Waals surface area contributed by atoms with Gasteiger partial charge in [0.05, 0.1) is 11.4 Å². The highest BCUT2D eigenvalue weighted by atomic mass is 32.2. The zero-order valence-corrected chi connectivity index (χ0v) is 11.6. The smallest absolute Gasteiger partial charge is 0.0782 e. The van der Waals surface area contributed by atoms with Crippen molar-refractivity contribution in [2.24, 2.45) is 0 Å². The first-order chi connectivity index (χ1) is 8.20. The molecule has 1 fully saturated rings. The lowest BCUT2D eigenvalue weighted by molar-refractivity contribution is 0.453. The summed E-state index contributed by atoms with van der Waals surface area (Å²) in [4.78, 5) is 8.73. The monoisotopic (exact) mass is 251 g/mol. The number of aryl methyl sites for hydroxylation is 1. The second kappa shape index (κ2) is 5.83. The van der Waals surface area contributed by atoms with E-state index in [4.69, 9.17) is 0 Å². The number of nitrogens with zero attached hydrogens (tertiary/aromatic N) is 2. The average molecular weight is 251 g/mol. The Hall–Kier alpha value is -0.610. The maximum atomic E-state index is 4.43. The number of aromatic nitrogens is 2. The number of thioether (sulfide) groups is 1. The molecule has 3 nitrogen and oxygen atoms in total. The summed E-state index contributed by atoms with van der Waals surface area (Å²) in [5.41, 5.74) is 2.12. The Balaban J connectivity index is 1.94. The molecule has 1 aliphatic carbocycles. The molecule has 0 radical (unpaired) electrons. The minimum absolute atomic E-state index is 0.300. The molecule has 1 N–H and O–H groups in total. The Morgan fingerprint density at radius 3 is 2.76 bits per heavy atom. The van der Waals surface area contributed by atoms with Gasteiger partial charge in [0.25, 0.3) is 0 Å². The van der Waals surface area contributed by atoms with Gasteiger partial charge < -0.3 is 5.32 Å². The minimum atomic E-state index is 0.300. The molecule has 0 spiro atoms. The third-order valence-corrected chi connectivity index (χ3v) is 4.63. The summed E-state index contributed by atoms with van der Waals surface area (Å²) < 4.78 is 0. The van der Waals surface area contributed by atoms with Crippen LogP contribution in [0.4, 0.5) is 0 Å². The van der Waals surface area contributed by atoms with Gasteiger partial charge in [0, 0.05) is 29.7 Å². The second-order valence-electron chi connectivity index (χ2n) is 4.78. The third-order valence-electron chi connectivity index (χ3n) is 3.53. The van der Waals surface area contributed by atoms with E-state index in [0.29, 0.717) is 12.1 Å². The van der Waals surface area contributed by atoms with Gasteiger partial charge in [0.15, 0.2) is 0 Å². The largest absolute Gasteiger partial charge is 0.306 e. The standard InChI is InChI=1S/C13H21N3S/c1-9-13(15-7-6-14-9)10(2)16-11-4-5-12(8-11)17-3/h6-7,10-12,16H,4-5,8H2,1-3H3. The first-order valence-electron chi connectivity index (χ1n) is 6.27. The Labute approximate surface area is 108 Å². The molecular weight excluding hydrogens is 230 g/mol. The highest BCUT2D eigenvalue weighted by Crippen LogP contribution is 2.29. The Morgan fingerprint density at radius 2 is 2.12 bits per heavy atom. The number of hydrogen-bond acceptors (Lipinski definition) is 4. The van der Waals surface area contributed by atoms with Crippen molar-refractivity contribution in [3.63, 3.8) is 0 Å². The highest BCUT2D eigenvalue weighted by Gasteiger charge is 2.25. The summed E-state index contributed by atoms with van der Waals surface area (Å²) >= 11 is 1.99. The first kappa shape index (κ1) is 12.8. The molecule has 3 atom stereocenters. The van der Waals surface area contributed by atoms with Gasteiger partial charge in [-0.15, -0.1) is 0 Å². The molecule has 0 bridgehead atoms. The van der Waals surface area contributed by atoms with Crippen LogP contribution in [0, 0.1) is 6.92 Å². The summed E-state index contributed by atoms with van der Waals surface area (Å²) in [6.45, 7) is 4.21. The van der Waals surface area contributed by atoms with Crippen molar-refractivity contribution in [1.29, 1.82) is 0 Å². The van der Waals surface area contributed by atoms with E-state index in [1.807, 2.05) is 18.7 Å². The number of rotatable bonds is 4. The zero-order chi connectivity index (χ0) is 12.3. The van der Waals surface area contributed by atoms with E-state index >= 15 is 0 Å². The maximum absolute atomic E-state index is 4.43. The van der Waals surface area contributed by atoms with Crippen molar-refractivity contribution < 1.29 is 0 Å². The molecule has 1 aromatic heterocycles. The van der Waals surface area contributed by atoms with E-state index in [-0.39, 0.29) is 0 Å². The minimum Gasteiger partial charge on any atom is -0.306 e. The molecule has 17 heavy (non-hydrogen) atoms. The Kier molecular flexibility index (Phi) is 4.40. The lowest BCUT2D eigenvalue weighted by Crippen LogP contribution is -2.30. The molecule has 1 saturated carbocycles. The molecule has 1 aliphatic rings. The number of nitrogens with one attached hydrogen (secondary N) is 1. The topological polar surface area (TPSA) is 37.8 Å². The van der Waals surface area contributed by atoms with Gasteiger partial charge in [0.2, 0.25) is 0 Å². The highest BCUT2D eigenvalue weighted by molar-refractivity contribution is 7.99. The fourth-order valence-corrected chi connectivity index (χ4v) is 3.38. The van der Waals surface area contributed by atoms with Crippen LogP contribution in [0.2, 0.25) is 0 Å². The first-order valence-corrected chi connectivity index (χ1v) is 7.56. The predicted octanol–water partition coefficient (Wildman–Crippen LogP) is 2.72. The van der Waals surface area contributed by atoms with Gasteiger partial charge in [0.1, 0.15) is 0 Å². The molecule has 0 aromatic carbocycles. The Morgan fingerprint density at radius 1 is 1.35 bits per heavy atom. The lowest BCUT2D eigenvalue weighted by Gasteiger charge is -2.20. The normalized spacial score (nSPS) is 26.1. The Bertz CT molecular complexity index is 369.